The summed E-state index contributed by atoms with van der Waals surface area (Å²) < 4.78 is 25.1. The van der Waals surface area contributed by atoms with Gasteiger partial charge in [0.05, 0.1) is 12.8 Å². The highest BCUT2D eigenvalue weighted by Crippen LogP contribution is 2.28. The molecule has 9 nitrogen and oxygen atoms in total. The number of hydrogen-bond donors (Lipinski definition) is 3. The molecule has 3 aromatic rings. The molecule has 0 fully saturated rings. The number of benzene rings is 3. The minimum Gasteiger partial charge on any atom is -0.490 e. The van der Waals surface area contributed by atoms with Crippen molar-refractivity contribution < 1.29 is 28.2 Å². The Bertz CT molecular complexity index is 1310. The predicted octanol–water partition coefficient (Wildman–Crippen LogP) is 4.40. The summed E-state index contributed by atoms with van der Waals surface area (Å²) in [5.74, 6) is -2.04. The summed E-state index contributed by atoms with van der Waals surface area (Å²) in [6.07, 6.45) is 1.32. The second-order valence-electron chi connectivity index (χ2n) is 7.60. The summed E-state index contributed by atoms with van der Waals surface area (Å²) in [5.41, 5.74) is 4.57. The Morgan fingerprint density at radius 2 is 1.65 bits per heavy atom. The van der Waals surface area contributed by atoms with E-state index in [9.17, 15) is 18.8 Å². The second-order valence-corrected chi connectivity index (χ2v) is 8.45. The van der Waals surface area contributed by atoms with Crippen LogP contribution in [0.2, 0.25) is 0 Å². The molecule has 0 saturated carbocycles. The number of ether oxygens (including phenoxy) is 2. The van der Waals surface area contributed by atoms with Crippen LogP contribution in [0.25, 0.3) is 0 Å². The lowest BCUT2D eigenvalue weighted by atomic mass is 10.2. The molecule has 0 spiro atoms. The number of amides is 3. The molecule has 0 bridgehead atoms. The summed E-state index contributed by atoms with van der Waals surface area (Å²) in [7, 11) is 0. The van der Waals surface area contributed by atoms with Crippen LogP contribution in [0.3, 0.4) is 0 Å². The van der Waals surface area contributed by atoms with Crippen molar-refractivity contribution >= 4 is 51.2 Å². The first kappa shape index (κ1) is 27.3. The number of halogens is 2. The van der Waals surface area contributed by atoms with Gasteiger partial charge in [-0.15, -0.1) is 0 Å². The van der Waals surface area contributed by atoms with Gasteiger partial charge in [0.15, 0.2) is 18.1 Å². The first-order valence-corrected chi connectivity index (χ1v) is 11.9. The van der Waals surface area contributed by atoms with Gasteiger partial charge in [0.25, 0.3) is 5.91 Å². The molecule has 0 aliphatic heterocycles. The molecule has 0 saturated heterocycles. The van der Waals surface area contributed by atoms with E-state index >= 15 is 0 Å². The average molecular weight is 571 g/mol. The first-order chi connectivity index (χ1) is 17.7. The number of anilines is 2. The molecule has 0 aliphatic carbocycles. The van der Waals surface area contributed by atoms with Crippen LogP contribution in [-0.2, 0) is 14.4 Å². The molecule has 0 aromatic heterocycles. The van der Waals surface area contributed by atoms with E-state index in [1.807, 2.05) is 19.1 Å². The van der Waals surface area contributed by atoms with Crippen molar-refractivity contribution in [1.29, 1.82) is 0 Å². The van der Waals surface area contributed by atoms with Crippen molar-refractivity contribution in [2.45, 2.75) is 13.8 Å². The van der Waals surface area contributed by atoms with Crippen LogP contribution < -0.4 is 25.5 Å². The molecule has 0 atom stereocenters. The first-order valence-electron chi connectivity index (χ1n) is 11.1. The smallest absolute Gasteiger partial charge is 0.329 e. The highest BCUT2D eigenvalue weighted by molar-refractivity contribution is 9.10. The van der Waals surface area contributed by atoms with Crippen LogP contribution >= 0.6 is 15.9 Å². The number of nitrogens with zero attached hydrogens (tertiary/aromatic N) is 1. The van der Waals surface area contributed by atoms with Gasteiger partial charge in [0.1, 0.15) is 5.82 Å². The highest BCUT2D eigenvalue weighted by Gasteiger charge is 2.13. The third kappa shape index (κ3) is 8.43. The number of carbonyl (C=O) groups is 3. The van der Waals surface area contributed by atoms with Crippen LogP contribution in [0, 0.1) is 12.7 Å². The standard InChI is InChI=1S/C26H24BrFN4O5/c1-3-36-23-13-17(14-29-32-26(35)25(34)31-19-7-5-18(28)6-8-19)4-11-22(23)37-15-24(33)30-20-9-10-21(27)16(2)12-20/h4-14H,3,15H2,1-2H3,(H,30,33)(H,31,34)(H,32,35)/b29-14-. The van der Waals surface area contributed by atoms with Crippen LogP contribution in [0.4, 0.5) is 15.8 Å². The van der Waals surface area contributed by atoms with E-state index in [1.165, 1.54) is 18.3 Å². The van der Waals surface area contributed by atoms with E-state index in [1.54, 1.807) is 31.2 Å². The summed E-state index contributed by atoms with van der Waals surface area (Å²) in [4.78, 5) is 36.2. The normalized spacial score (nSPS) is 10.6. The van der Waals surface area contributed by atoms with E-state index in [0.29, 0.717) is 29.4 Å². The maximum Gasteiger partial charge on any atom is 0.329 e. The summed E-state index contributed by atoms with van der Waals surface area (Å²) >= 11 is 3.42. The molecule has 37 heavy (non-hydrogen) atoms. The third-order valence-electron chi connectivity index (χ3n) is 4.76. The second kappa shape index (κ2) is 13.2. The van der Waals surface area contributed by atoms with Crippen molar-refractivity contribution in [2.24, 2.45) is 5.10 Å². The van der Waals surface area contributed by atoms with E-state index in [-0.39, 0.29) is 18.2 Å². The molecule has 0 radical (unpaired) electrons. The van der Waals surface area contributed by atoms with E-state index in [0.717, 1.165) is 22.2 Å². The zero-order valence-corrected chi connectivity index (χ0v) is 21.6. The molecule has 192 valence electrons. The Morgan fingerprint density at radius 1 is 0.919 bits per heavy atom. The van der Waals surface area contributed by atoms with Crippen molar-refractivity contribution in [3.63, 3.8) is 0 Å². The largest absolute Gasteiger partial charge is 0.490 e. The van der Waals surface area contributed by atoms with Crippen LogP contribution in [0.1, 0.15) is 18.1 Å². The van der Waals surface area contributed by atoms with Crippen LogP contribution in [0.5, 0.6) is 11.5 Å². The Labute approximate surface area is 221 Å². The van der Waals surface area contributed by atoms with Crippen molar-refractivity contribution in [3.8, 4) is 11.5 Å². The van der Waals surface area contributed by atoms with E-state index in [4.69, 9.17) is 9.47 Å². The number of rotatable bonds is 9. The number of hydrogen-bond acceptors (Lipinski definition) is 6. The minimum absolute atomic E-state index is 0.234. The Morgan fingerprint density at radius 3 is 2.35 bits per heavy atom. The van der Waals surface area contributed by atoms with Crippen molar-refractivity contribution in [3.05, 3.63) is 82.1 Å². The van der Waals surface area contributed by atoms with E-state index < -0.39 is 17.6 Å². The SMILES string of the molecule is CCOc1cc(/C=N\NC(=O)C(=O)Nc2ccc(F)cc2)ccc1OCC(=O)Nc1ccc(Br)c(C)c1. The topological polar surface area (TPSA) is 118 Å². The van der Waals surface area contributed by atoms with Gasteiger partial charge in [-0.25, -0.2) is 9.82 Å². The highest BCUT2D eigenvalue weighted by atomic mass is 79.9. The third-order valence-corrected chi connectivity index (χ3v) is 5.65. The van der Waals surface area contributed by atoms with E-state index in [2.05, 4.69) is 37.1 Å². The fraction of sp³-hybridized carbons (Fsp3) is 0.154. The quantitative estimate of drug-likeness (QED) is 0.200. The molecule has 3 rings (SSSR count). The molecule has 0 unspecified atom stereocenters. The lowest BCUT2D eigenvalue weighted by molar-refractivity contribution is -0.136. The lowest BCUT2D eigenvalue weighted by Gasteiger charge is -2.13. The van der Waals surface area contributed by atoms with Gasteiger partial charge in [-0.1, -0.05) is 15.9 Å². The van der Waals surface area contributed by atoms with Gasteiger partial charge in [0, 0.05) is 15.8 Å². The van der Waals surface area contributed by atoms with Crippen molar-refractivity contribution in [1.82, 2.24) is 5.43 Å². The van der Waals surface area contributed by atoms with Gasteiger partial charge in [0.2, 0.25) is 0 Å². The number of nitrogens with one attached hydrogen (secondary N) is 3. The van der Waals surface area contributed by atoms with Crippen LogP contribution in [0.15, 0.2) is 70.2 Å². The number of carbonyl (C=O) groups excluding carboxylic acids is 3. The zero-order chi connectivity index (χ0) is 26.8. The zero-order valence-electron chi connectivity index (χ0n) is 20.0. The Hall–Kier alpha value is -4.25. The summed E-state index contributed by atoms with van der Waals surface area (Å²) in [5, 5.41) is 8.88. The monoisotopic (exact) mass is 570 g/mol. The van der Waals surface area contributed by atoms with Gasteiger partial charge in [-0.2, -0.15) is 5.10 Å². The van der Waals surface area contributed by atoms with Gasteiger partial charge in [-0.3, -0.25) is 14.4 Å². The molecular formula is C26H24BrFN4O5. The fourth-order valence-corrected chi connectivity index (χ4v) is 3.24. The number of aryl methyl sites for hydroxylation is 1. The molecule has 3 aromatic carbocycles. The summed E-state index contributed by atoms with van der Waals surface area (Å²) in [6.45, 7) is 3.83. The van der Waals surface area contributed by atoms with Crippen molar-refractivity contribution in [2.75, 3.05) is 23.8 Å². The molecule has 11 heteroatoms. The molecule has 3 N–H and O–H groups in total. The van der Waals surface area contributed by atoms with Gasteiger partial charge in [-0.05, 0) is 85.6 Å². The summed E-state index contributed by atoms with van der Waals surface area (Å²) in [6, 6.07) is 15.3. The van der Waals surface area contributed by atoms with Gasteiger partial charge < -0.3 is 20.1 Å². The maximum absolute atomic E-state index is 12.9. The van der Waals surface area contributed by atoms with Crippen LogP contribution in [-0.4, -0.2) is 37.1 Å². The maximum atomic E-state index is 12.9. The average Bonchev–Trinajstić information content (AvgIpc) is 2.87. The Kier molecular flexibility index (Phi) is 9.73. The lowest BCUT2D eigenvalue weighted by Crippen LogP contribution is -2.32. The molecular weight excluding hydrogens is 547 g/mol. The molecule has 0 aliphatic rings. The van der Waals surface area contributed by atoms with Gasteiger partial charge >= 0.3 is 11.8 Å². The molecule has 3 amide bonds. The molecule has 0 heterocycles. The predicted molar refractivity (Wildman–Crippen MR) is 141 cm³/mol. The Balaban J connectivity index is 1.55. The minimum atomic E-state index is -1.00. The fourth-order valence-electron chi connectivity index (χ4n) is 2.99. The number of hydrazone groups is 1.